The summed E-state index contributed by atoms with van der Waals surface area (Å²) in [5.41, 5.74) is -0.0229. The molecule has 0 aromatic carbocycles. The van der Waals surface area contributed by atoms with Gasteiger partial charge in [-0.1, -0.05) is 19.8 Å². The highest BCUT2D eigenvalue weighted by atomic mass is 16.5. The standard InChI is InChI=1S/C15H26N2O2/c1-5-9-16-14(18)12(4)17-13-8-10-19-15(6-2,7-3)11-13/h1,12-13,17H,6-11H2,2-4H3,(H,16,18). The van der Waals surface area contributed by atoms with Crippen LogP contribution in [0.15, 0.2) is 0 Å². The average Bonchev–Trinajstić information content (AvgIpc) is 2.44. The molecule has 0 aliphatic carbocycles. The Morgan fingerprint density at radius 1 is 1.53 bits per heavy atom. The summed E-state index contributed by atoms with van der Waals surface area (Å²) >= 11 is 0. The number of carbonyl (C=O) groups is 1. The molecule has 1 rings (SSSR count). The van der Waals surface area contributed by atoms with E-state index in [1.807, 2.05) is 6.92 Å². The summed E-state index contributed by atoms with van der Waals surface area (Å²) in [4.78, 5) is 11.8. The number of ether oxygens (including phenoxy) is 1. The lowest BCUT2D eigenvalue weighted by molar-refractivity contribution is -0.124. The van der Waals surface area contributed by atoms with Crippen molar-refractivity contribution in [2.24, 2.45) is 0 Å². The Kier molecular flexibility index (Phi) is 6.33. The first-order valence-electron chi connectivity index (χ1n) is 7.18. The fourth-order valence-electron chi connectivity index (χ4n) is 2.63. The molecule has 4 heteroatoms. The Morgan fingerprint density at radius 2 is 2.21 bits per heavy atom. The first-order valence-corrected chi connectivity index (χ1v) is 7.18. The summed E-state index contributed by atoms with van der Waals surface area (Å²) < 4.78 is 5.93. The minimum Gasteiger partial charge on any atom is -0.375 e. The Labute approximate surface area is 116 Å². The number of carbonyl (C=O) groups excluding carboxylic acids is 1. The molecule has 1 fully saturated rings. The number of nitrogens with one attached hydrogen (secondary N) is 2. The number of hydrogen-bond acceptors (Lipinski definition) is 3. The van der Waals surface area contributed by atoms with Crippen molar-refractivity contribution >= 4 is 5.91 Å². The molecule has 0 saturated carbocycles. The van der Waals surface area contributed by atoms with E-state index in [0.717, 1.165) is 32.3 Å². The van der Waals surface area contributed by atoms with Crippen molar-refractivity contribution in [3.05, 3.63) is 0 Å². The van der Waals surface area contributed by atoms with Gasteiger partial charge < -0.3 is 15.4 Å². The molecule has 1 amide bonds. The fraction of sp³-hybridized carbons (Fsp3) is 0.800. The van der Waals surface area contributed by atoms with Gasteiger partial charge in [0.1, 0.15) is 0 Å². The normalized spacial score (nSPS) is 23.4. The highest BCUT2D eigenvalue weighted by Crippen LogP contribution is 2.31. The molecule has 4 nitrogen and oxygen atoms in total. The molecule has 1 heterocycles. The van der Waals surface area contributed by atoms with Crippen LogP contribution in [0.3, 0.4) is 0 Å². The van der Waals surface area contributed by atoms with Crippen LogP contribution in [0.5, 0.6) is 0 Å². The van der Waals surface area contributed by atoms with Gasteiger partial charge in [0.2, 0.25) is 5.91 Å². The highest BCUT2D eigenvalue weighted by Gasteiger charge is 2.35. The Bertz CT molecular complexity index is 332. The van der Waals surface area contributed by atoms with Crippen LogP contribution in [0.25, 0.3) is 0 Å². The molecule has 0 aromatic heterocycles. The predicted octanol–water partition coefficient (Wildman–Crippen LogP) is 1.45. The van der Waals surface area contributed by atoms with E-state index < -0.39 is 0 Å². The largest absolute Gasteiger partial charge is 0.375 e. The van der Waals surface area contributed by atoms with Crippen LogP contribution >= 0.6 is 0 Å². The molecular formula is C15H26N2O2. The molecule has 0 aromatic rings. The van der Waals surface area contributed by atoms with Crippen molar-refractivity contribution < 1.29 is 9.53 Å². The van der Waals surface area contributed by atoms with Crippen LogP contribution in [0.2, 0.25) is 0 Å². The van der Waals surface area contributed by atoms with Crippen molar-refractivity contribution in [2.75, 3.05) is 13.2 Å². The summed E-state index contributed by atoms with van der Waals surface area (Å²) in [6.45, 7) is 7.25. The van der Waals surface area contributed by atoms with E-state index in [9.17, 15) is 4.79 Å². The zero-order chi connectivity index (χ0) is 14.3. The monoisotopic (exact) mass is 266 g/mol. The van der Waals surface area contributed by atoms with Gasteiger partial charge in [0.05, 0.1) is 18.2 Å². The van der Waals surface area contributed by atoms with Crippen molar-refractivity contribution in [1.82, 2.24) is 10.6 Å². The third-order valence-corrected chi connectivity index (χ3v) is 4.03. The van der Waals surface area contributed by atoms with Gasteiger partial charge in [-0.25, -0.2) is 0 Å². The maximum absolute atomic E-state index is 11.8. The molecule has 1 aliphatic rings. The summed E-state index contributed by atoms with van der Waals surface area (Å²) in [5.74, 6) is 2.37. The second-order valence-electron chi connectivity index (χ2n) is 5.24. The van der Waals surface area contributed by atoms with Crippen molar-refractivity contribution in [3.63, 3.8) is 0 Å². The van der Waals surface area contributed by atoms with Gasteiger partial charge in [-0.15, -0.1) is 6.42 Å². The summed E-state index contributed by atoms with van der Waals surface area (Å²) in [5, 5.41) is 6.09. The summed E-state index contributed by atoms with van der Waals surface area (Å²) in [6.07, 6.45) is 9.08. The summed E-state index contributed by atoms with van der Waals surface area (Å²) in [7, 11) is 0. The van der Waals surface area contributed by atoms with E-state index in [2.05, 4.69) is 30.4 Å². The van der Waals surface area contributed by atoms with Crippen LogP contribution < -0.4 is 10.6 Å². The molecule has 2 atom stereocenters. The molecular weight excluding hydrogens is 240 g/mol. The lowest BCUT2D eigenvalue weighted by atomic mass is 9.85. The Morgan fingerprint density at radius 3 is 2.79 bits per heavy atom. The molecule has 2 unspecified atom stereocenters. The zero-order valence-electron chi connectivity index (χ0n) is 12.3. The van der Waals surface area contributed by atoms with Gasteiger partial charge in [-0.2, -0.15) is 0 Å². The number of rotatable bonds is 6. The molecule has 0 bridgehead atoms. The topological polar surface area (TPSA) is 50.4 Å². The zero-order valence-corrected chi connectivity index (χ0v) is 12.3. The van der Waals surface area contributed by atoms with Gasteiger partial charge in [-0.05, 0) is 32.6 Å². The van der Waals surface area contributed by atoms with E-state index in [0.29, 0.717) is 6.04 Å². The Hall–Kier alpha value is -1.05. The maximum Gasteiger partial charge on any atom is 0.237 e. The number of hydrogen-bond donors (Lipinski definition) is 2. The lowest BCUT2D eigenvalue weighted by Crippen LogP contribution is -2.52. The van der Waals surface area contributed by atoms with Crippen LogP contribution in [0.1, 0.15) is 46.5 Å². The molecule has 2 N–H and O–H groups in total. The van der Waals surface area contributed by atoms with Crippen LogP contribution in [0.4, 0.5) is 0 Å². The minimum atomic E-state index is -0.220. The fourth-order valence-corrected chi connectivity index (χ4v) is 2.63. The molecule has 1 aliphatic heterocycles. The molecule has 0 radical (unpaired) electrons. The van der Waals surface area contributed by atoms with Gasteiger partial charge >= 0.3 is 0 Å². The van der Waals surface area contributed by atoms with E-state index in [4.69, 9.17) is 11.2 Å². The second kappa shape index (κ2) is 7.52. The smallest absolute Gasteiger partial charge is 0.237 e. The van der Waals surface area contributed by atoms with Gasteiger partial charge in [-0.3, -0.25) is 4.79 Å². The van der Waals surface area contributed by atoms with Gasteiger partial charge in [0, 0.05) is 12.6 Å². The van der Waals surface area contributed by atoms with Crippen molar-refractivity contribution in [1.29, 1.82) is 0 Å². The second-order valence-corrected chi connectivity index (χ2v) is 5.24. The van der Waals surface area contributed by atoms with E-state index >= 15 is 0 Å². The third-order valence-electron chi connectivity index (χ3n) is 4.03. The van der Waals surface area contributed by atoms with E-state index in [1.54, 1.807) is 0 Å². The summed E-state index contributed by atoms with van der Waals surface area (Å²) in [6, 6.07) is 0.114. The molecule has 0 spiro atoms. The lowest BCUT2D eigenvalue weighted by Gasteiger charge is -2.41. The van der Waals surface area contributed by atoms with Crippen molar-refractivity contribution in [2.45, 2.75) is 64.1 Å². The Balaban J connectivity index is 2.48. The predicted molar refractivity (Wildman–Crippen MR) is 76.7 cm³/mol. The molecule has 19 heavy (non-hydrogen) atoms. The number of terminal acetylenes is 1. The third kappa shape index (κ3) is 4.52. The SMILES string of the molecule is C#CCNC(=O)C(C)NC1CCOC(CC)(CC)C1. The van der Waals surface area contributed by atoms with Gasteiger partial charge in [0.15, 0.2) is 0 Å². The first-order chi connectivity index (χ1) is 9.06. The first kappa shape index (κ1) is 16.0. The van der Waals surface area contributed by atoms with Gasteiger partial charge in [0.25, 0.3) is 0 Å². The van der Waals surface area contributed by atoms with E-state index in [-0.39, 0.29) is 24.1 Å². The van der Waals surface area contributed by atoms with Crippen LogP contribution in [-0.2, 0) is 9.53 Å². The number of amides is 1. The van der Waals surface area contributed by atoms with Crippen molar-refractivity contribution in [3.8, 4) is 12.3 Å². The average molecular weight is 266 g/mol. The molecule has 1 saturated heterocycles. The van der Waals surface area contributed by atoms with Crippen LogP contribution in [0, 0.1) is 12.3 Å². The minimum absolute atomic E-state index is 0.0229. The van der Waals surface area contributed by atoms with E-state index in [1.165, 1.54) is 0 Å². The maximum atomic E-state index is 11.8. The van der Waals surface area contributed by atoms with Crippen LogP contribution in [-0.4, -0.2) is 36.7 Å². The quantitative estimate of drug-likeness (QED) is 0.716. The highest BCUT2D eigenvalue weighted by molar-refractivity contribution is 5.81. The molecule has 108 valence electrons.